The highest BCUT2D eigenvalue weighted by atomic mass is 19.1. The smallest absolute Gasteiger partial charge is 0.249 e. The number of carbonyl (C=O) groups excluding carboxylic acids is 2. The Morgan fingerprint density at radius 3 is 2.37 bits per heavy atom. The van der Waals surface area contributed by atoms with Gasteiger partial charge in [0, 0.05) is 61.0 Å². The van der Waals surface area contributed by atoms with Crippen molar-refractivity contribution in [3.05, 3.63) is 71.8 Å². The number of aromatic hydroxyl groups is 1. The summed E-state index contributed by atoms with van der Waals surface area (Å²) < 4.78 is 20.5. The molecule has 14 nitrogen and oxygen atoms in total. The van der Waals surface area contributed by atoms with Gasteiger partial charge in [0.1, 0.15) is 18.4 Å². The van der Waals surface area contributed by atoms with Crippen LogP contribution in [0, 0.1) is 5.82 Å². The van der Waals surface area contributed by atoms with Crippen molar-refractivity contribution in [3.63, 3.8) is 0 Å². The minimum atomic E-state index is -0.706. The number of piperidine rings is 2. The first kappa shape index (κ1) is 37.7. The molecule has 4 saturated heterocycles. The number of amides is 2. The Balaban J connectivity index is 0.754. The SMILES string of the molecule is Nc1nnc(-c2cccc(F)c2O)cc1N1C[C@H]2CC[C@@H](C1)N2c1nccc(C2CCN(C3CCC(c4cccc5c4OCCN5C4CCC(=O)NC4=O)CC3)CC2)n1. The Kier molecular flexibility index (Phi) is 9.93. The number of nitrogens with one attached hydrogen (secondary N) is 1. The third-order valence-corrected chi connectivity index (χ3v) is 13.9. The molecule has 5 fully saturated rings. The van der Waals surface area contributed by atoms with Gasteiger partial charge < -0.3 is 35.2 Å². The number of phenols is 1. The zero-order valence-electron chi connectivity index (χ0n) is 33.2. The van der Waals surface area contributed by atoms with E-state index < -0.39 is 11.6 Å². The Morgan fingerprint density at radius 2 is 1.59 bits per heavy atom. The van der Waals surface area contributed by atoms with E-state index in [4.69, 9.17) is 20.4 Å². The predicted molar refractivity (Wildman–Crippen MR) is 221 cm³/mol. The third-order valence-electron chi connectivity index (χ3n) is 13.9. The van der Waals surface area contributed by atoms with Crippen LogP contribution >= 0.6 is 0 Å². The fraction of sp³-hybridized carbons (Fsp3) is 0.500. The highest BCUT2D eigenvalue weighted by molar-refractivity contribution is 6.02. The number of rotatable bonds is 7. The lowest BCUT2D eigenvalue weighted by Crippen LogP contribution is -2.54. The average molecular weight is 803 g/mol. The standard InChI is InChI=1S/C44H51FN10O4/c45-33-5-1-4-32(40(33)57)35-23-38(42(46)51-50-35)53-24-29-11-12-30(25-53)55(29)44-47-18-15-34(48-44)27-16-19-52(20-17-27)28-9-7-26(8-10-28)31-3-2-6-36-41(31)59-22-21-54(36)37-13-14-39(56)49-43(37)58/h1-6,15,18,23,26-30,37,57H,7-14,16-17,19-22,24-25H2,(H2,46,51)(H,49,56,58)/t26?,28?,29-,30+,37?. The summed E-state index contributed by atoms with van der Waals surface area (Å²) in [6, 6.07) is 15.3. The van der Waals surface area contributed by atoms with Crippen LogP contribution in [0.2, 0.25) is 0 Å². The Morgan fingerprint density at radius 1 is 0.831 bits per heavy atom. The van der Waals surface area contributed by atoms with Crippen molar-refractivity contribution in [3.8, 4) is 22.8 Å². The van der Waals surface area contributed by atoms with Crippen LogP contribution in [0.25, 0.3) is 11.3 Å². The number of fused-ring (bicyclic) bond motifs is 3. The lowest BCUT2D eigenvalue weighted by molar-refractivity contribution is -0.134. The minimum absolute atomic E-state index is 0.192. The zero-order chi connectivity index (χ0) is 40.2. The second-order valence-electron chi connectivity index (χ2n) is 17.1. The van der Waals surface area contributed by atoms with Crippen LogP contribution in [0.15, 0.2) is 54.7 Å². The number of aromatic nitrogens is 4. The van der Waals surface area contributed by atoms with Gasteiger partial charge >= 0.3 is 0 Å². The molecule has 1 saturated carbocycles. The molecule has 6 aliphatic rings. The molecule has 3 atom stereocenters. The molecule has 2 amide bonds. The average Bonchev–Trinajstić information content (AvgIpc) is 3.53. The Hall–Kier alpha value is -5.57. The number of carbonyl (C=O) groups is 2. The van der Waals surface area contributed by atoms with Crippen LogP contribution in [-0.4, -0.2) is 105 Å². The topological polar surface area (TPSA) is 166 Å². The molecule has 308 valence electrons. The van der Waals surface area contributed by atoms with Crippen molar-refractivity contribution >= 4 is 35.0 Å². The van der Waals surface area contributed by atoms with Crippen LogP contribution in [0.1, 0.15) is 87.3 Å². The number of para-hydroxylation sites is 2. The van der Waals surface area contributed by atoms with Gasteiger partial charge in [0.15, 0.2) is 17.4 Å². The van der Waals surface area contributed by atoms with Gasteiger partial charge in [0.2, 0.25) is 17.8 Å². The highest BCUT2D eigenvalue weighted by Crippen LogP contribution is 2.46. The summed E-state index contributed by atoms with van der Waals surface area (Å²) in [6.07, 6.45) is 11.5. The Labute approximate surface area is 342 Å². The summed E-state index contributed by atoms with van der Waals surface area (Å²) in [5.41, 5.74) is 11.1. The van der Waals surface area contributed by atoms with Crippen molar-refractivity contribution in [1.29, 1.82) is 0 Å². The second kappa shape index (κ2) is 15.6. The molecule has 59 heavy (non-hydrogen) atoms. The molecule has 7 heterocycles. The molecule has 2 bridgehead atoms. The summed E-state index contributed by atoms with van der Waals surface area (Å²) in [4.78, 5) is 44.1. The van der Waals surface area contributed by atoms with Crippen molar-refractivity contribution in [2.24, 2.45) is 0 Å². The van der Waals surface area contributed by atoms with E-state index in [1.54, 1.807) is 18.2 Å². The number of halogens is 1. The molecule has 2 aromatic carbocycles. The number of likely N-dealkylation sites (tertiary alicyclic amines) is 1. The zero-order valence-corrected chi connectivity index (χ0v) is 33.2. The first-order valence-corrected chi connectivity index (χ1v) is 21.4. The fourth-order valence-corrected chi connectivity index (χ4v) is 10.9. The quantitative estimate of drug-likeness (QED) is 0.211. The normalized spacial score (nSPS) is 26.4. The number of phenolic OH excluding ortho intramolecular Hbond substituents is 1. The van der Waals surface area contributed by atoms with Crippen molar-refractivity contribution in [2.75, 3.05) is 59.8 Å². The number of nitrogens with zero attached hydrogens (tertiary/aromatic N) is 8. The number of nitrogen functional groups attached to an aromatic ring is 1. The number of anilines is 4. The number of hydrogen-bond donors (Lipinski definition) is 3. The lowest BCUT2D eigenvalue weighted by Gasteiger charge is -2.43. The van der Waals surface area contributed by atoms with Gasteiger partial charge in [-0.05, 0) is 113 Å². The van der Waals surface area contributed by atoms with Crippen molar-refractivity contribution < 1.29 is 23.8 Å². The van der Waals surface area contributed by atoms with Crippen LogP contribution in [0.3, 0.4) is 0 Å². The van der Waals surface area contributed by atoms with Gasteiger partial charge in [-0.3, -0.25) is 14.9 Å². The summed E-state index contributed by atoms with van der Waals surface area (Å²) >= 11 is 0. The molecule has 1 aliphatic carbocycles. The first-order chi connectivity index (χ1) is 28.8. The van der Waals surface area contributed by atoms with Gasteiger partial charge in [-0.2, -0.15) is 0 Å². The number of nitrogens with two attached hydrogens (primary N) is 1. The maximum Gasteiger partial charge on any atom is 0.249 e. The Bertz CT molecular complexity index is 2230. The minimum Gasteiger partial charge on any atom is -0.504 e. The number of benzene rings is 2. The van der Waals surface area contributed by atoms with Gasteiger partial charge in [0.05, 0.1) is 23.6 Å². The number of imide groups is 1. The van der Waals surface area contributed by atoms with E-state index in [0.717, 1.165) is 106 Å². The molecule has 10 rings (SSSR count). The van der Waals surface area contributed by atoms with Crippen LogP contribution in [-0.2, 0) is 9.59 Å². The maximum atomic E-state index is 14.1. The van der Waals surface area contributed by atoms with Crippen molar-refractivity contribution in [2.45, 2.75) is 100 Å². The molecule has 5 aliphatic heterocycles. The third kappa shape index (κ3) is 7.06. The van der Waals surface area contributed by atoms with E-state index in [0.29, 0.717) is 55.4 Å². The van der Waals surface area contributed by atoms with Crippen LogP contribution < -0.4 is 30.5 Å². The maximum absolute atomic E-state index is 14.1. The molecular weight excluding hydrogens is 752 g/mol. The van der Waals surface area contributed by atoms with Gasteiger partial charge in [-0.25, -0.2) is 14.4 Å². The molecule has 1 unspecified atom stereocenters. The summed E-state index contributed by atoms with van der Waals surface area (Å²) in [5.74, 6) is 1.28. The van der Waals surface area contributed by atoms with E-state index in [1.807, 2.05) is 6.20 Å². The molecule has 4 N–H and O–H groups in total. The number of hydrogen-bond acceptors (Lipinski definition) is 13. The van der Waals surface area contributed by atoms with E-state index in [9.17, 15) is 19.1 Å². The number of ether oxygens (including phenoxy) is 1. The molecule has 0 spiro atoms. The molecule has 0 radical (unpaired) electrons. The van der Waals surface area contributed by atoms with E-state index >= 15 is 0 Å². The van der Waals surface area contributed by atoms with Crippen LogP contribution in [0.4, 0.5) is 27.5 Å². The summed E-state index contributed by atoms with van der Waals surface area (Å²) in [7, 11) is 0. The van der Waals surface area contributed by atoms with E-state index in [1.165, 1.54) is 11.6 Å². The van der Waals surface area contributed by atoms with E-state index in [-0.39, 0.29) is 35.5 Å². The molecule has 4 aromatic rings. The van der Waals surface area contributed by atoms with Crippen molar-refractivity contribution in [1.82, 2.24) is 30.4 Å². The highest BCUT2D eigenvalue weighted by Gasteiger charge is 2.43. The van der Waals surface area contributed by atoms with E-state index in [2.05, 4.69) is 59.4 Å². The van der Waals surface area contributed by atoms with Crippen LogP contribution in [0.5, 0.6) is 11.5 Å². The summed E-state index contributed by atoms with van der Waals surface area (Å²) in [5, 5.41) is 21.2. The fourth-order valence-electron chi connectivity index (χ4n) is 10.9. The second-order valence-corrected chi connectivity index (χ2v) is 17.1. The number of piperazine rings is 1. The summed E-state index contributed by atoms with van der Waals surface area (Å²) in [6.45, 7) is 4.73. The molecule has 2 aromatic heterocycles. The van der Waals surface area contributed by atoms with Gasteiger partial charge in [-0.15, -0.1) is 10.2 Å². The first-order valence-electron chi connectivity index (χ1n) is 21.4. The van der Waals surface area contributed by atoms with Gasteiger partial charge in [-0.1, -0.05) is 18.2 Å². The molecular formula is C44H51FN10O4. The lowest BCUT2D eigenvalue weighted by atomic mass is 9.79. The molecule has 15 heteroatoms. The largest absolute Gasteiger partial charge is 0.504 e. The van der Waals surface area contributed by atoms with Gasteiger partial charge in [0.25, 0.3) is 0 Å². The predicted octanol–water partition coefficient (Wildman–Crippen LogP) is 5.13. The monoisotopic (exact) mass is 802 g/mol.